The molecule has 1 aliphatic heterocycles. The molecule has 6 nitrogen and oxygen atoms in total. The van der Waals surface area contributed by atoms with Crippen molar-refractivity contribution in [3.8, 4) is 0 Å². The summed E-state index contributed by atoms with van der Waals surface area (Å²) in [5.74, 6) is -0.486. The summed E-state index contributed by atoms with van der Waals surface area (Å²) in [4.78, 5) is 13.7. The Hall–Kier alpha value is -1.44. The van der Waals surface area contributed by atoms with Crippen LogP contribution in [-0.4, -0.2) is 54.5 Å². The van der Waals surface area contributed by atoms with Crippen molar-refractivity contribution in [3.63, 3.8) is 0 Å². The van der Waals surface area contributed by atoms with E-state index in [0.717, 1.165) is 5.56 Å². The fraction of sp³-hybridized carbons (Fsp3) is 0.533. The first-order chi connectivity index (χ1) is 10.3. The zero-order valence-electron chi connectivity index (χ0n) is 13.0. The van der Waals surface area contributed by atoms with Gasteiger partial charge in [0.2, 0.25) is 15.9 Å². The Balaban J connectivity index is 2.14. The third-order valence-corrected chi connectivity index (χ3v) is 6.21. The largest absolute Gasteiger partial charge is 0.368 e. The summed E-state index contributed by atoms with van der Waals surface area (Å²) >= 11 is 0. The Kier molecular flexibility index (Phi) is 5.20. The van der Waals surface area contributed by atoms with Crippen LogP contribution in [0.1, 0.15) is 19.4 Å². The van der Waals surface area contributed by atoms with E-state index in [2.05, 4.69) is 0 Å². The highest BCUT2D eigenvalue weighted by atomic mass is 32.2. The fourth-order valence-electron chi connectivity index (χ4n) is 2.60. The highest BCUT2D eigenvalue weighted by Crippen LogP contribution is 2.18. The van der Waals surface area contributed by atoms with Crippen molar-refractivity contribution in [2.75, 3.05) is 19.6 Å². The number of amides is 1. The number of sulfonamides is 1. The normalized spacial score (nSPS) is 21.1. The standard InChI is InChI=1S/C15H23N3O3S/c1-12(2)22(20,21)18-9-8-17(14(11-18)15(16)19)10-13-6-4-3-5-7-13/h3-7,12,14H,8-11H2,1-2H3,(H2,16,19)/t14-/m1/s1. The predicted molar refractivity (Wildman–Crippen MR) is 85.5 cm³/mol. The van der Waals surface area contributed by atoms with E-state index in [-0.39, 0.29) is 6.54 Å². The first-order valence-corrected chi connectivity index (χ1v) is 8.89. The number of hydrogen-bond donors (Lipinski definition) is 1. The smallest absolute Gasteiger partial charge is 0.236 e. The topological polar surface area (TPSA) is 83.7 Å². The van der Waals surface area contributed by atoms with Crippen molar-refractivity contribution in [2.24, 2.45) is 5.73 Å². The molecule has 1 atom stereocenters. The lowest BCUT2D eigenvalue weighted by molar-refractivity contribution is -0.124. The molecule has 1 saturated heterocycles. The SMILES string of the molecule is CC(C)S(=O)(=O)N1CCN(Cc2ccccc2)[C@@H](C(N)=O)C1. The molecule has 1 heterocycles. The third-order valence-electron chi connectivity index (χ3n) is 3.97. The molecule has 1 fully saturated rings. The number of carbonyl (C=O) groups excluding carboxylic acids is 1. The highest BCUT2D eigenvalue weighted by molar-refractivity contribution is 7.89. The van der Waals surface area contributed by atoms with Crippen LogP contribution in [-0.2, 0) is 21.4 Å². The second-order valence-electron chi connectivity index (χ2n) is 5.83. The predicted octanol–water partition coefficient (Wildman–Crippen LogP) is 0.396. The fourth-order valence-corrected chi connectivity index (χ4v) is 3.88. The van der Waals surface area contributed by atoms with Crippen molar-refractivity contribution < 1.29 is 13.2 Å². The number of piperazine rings is 1. The van der Waals surface area contributed by atoms with Crippen LogP contribution >= 0.6 is 0 Å². The Morgan fingerprint density at radius 3 is 2.45 bits per heavy atom. The van der Waals surface area contributed by atoms with Gasteiger partial charge in [-0.1, -0.05) is 30.3 Å². The highest BCUT2D eigenvalue weighted by Gasteiger charge is 2.37. The maximum atomic E-state index is 12.3. The minimum absolute atomic E-state index is 0.128. The van der Waals surface area contributed by atoms with E-state index >= 15 is 0 Å². The first-order valence-electron chi connectivity index (χ1n) is 7.38. The zero-order chi connectivity index (χ0) is 16.3. The van der Waals surface area contributed by atoms with Gasteiger partial charge in [0.15, 0.2) is 0 Å². The van der Waals surface area contributed by atoms with Gasteiger partial charge in [0, 0.05) is 26.2 Å². The Morgan fingerprint density at radius 1 is 1.27 bits per heavy atom. The average molecular weight is 325 g/mol. The van der Waals surface area contributed by atoms with Gasteiger partial charge < -0.3 is 5.73 Å². The molecule has 1 amide bonds. The van der Waals surface area contributed by atoms with Crippen molar-refractivity contribution in [2.45, 2.75) is 31.7 Å². The second kappa shape index (κ2) is 6.76. The number of primary amides is 1. The number of carbonyl (C=O) groups is 1. The molecular formula is C15H23N3O3S. The van der Waals surface area contributed by atoms with E-state index in [0.29, 0.717) is 19.6 Å². The van der Waals surface area contributed by atoms with Crippen molar-refractivity contribution in [1.29, 1.82) is 0 Å². The summed E-state index contributed by atoms with van der Waals surface area (Å²) < 4.78 is 25.9. The summed E-state index contributed by atoms with van der Waals surface area (Å²) in [6.07, 6.45) is 0. The van der Waals surface area contributed by atoms with Crippen LogP contribution in [0, 0.1) is 0 Å². The van der Waals surface area contributed by atoms with Gasteiger partial charge in [-0.2, -0.15) is 4.31 Å². The molecule has 0 aromatic heterocycles. The molecule has 0 radical (unpaired) electrons. The molecule has 22 heavy (non-hydrogen) atoms. The van der Waals surface area contributed by atoms with E-state index in [1.54, 1.807) is 13.8 Å². The van der Waals surface area contributed by atoms with E-state index in [1.807, 2.05) is 35.2 Å². The number of nitrogens with two attached hydrogens (primary N) is 1. The van der Waals surface area contributed by atoms with Gasteiger partial charge in [-0.25, -0.2) is 8.42 Å². The third kappa shape index (κ3) is 3.66. The average Bonchev–Trinajstić information content (AvgIpc) is 2.48. The number of benzene rings is 1. The quantitative estimate of drug-likeness (QED) is 0.849. The van der Waals surface area contributed by atoms with Gasteiger partial charge in [-0.3, -0.25) is 9.69 Å². The van der Waals surface area contributed by atoms with Gasteiger partial charge in [-0.15, -0.1) is 0 Å². The van der Waals surface area contributed by atoms with E-state index in [1.165, 1.54) is 4.31 Å². The maximum absolute atomic E-state index is 12.3. The zero-order valence-corrected chi connectivity index (χ0v) is 13.8. The number of nitrogens with zero attached hydrogens (tertiary/aromatic N) is 2. The molecule has 7 heteroatoms. The molecule has 122 valence electrons. The van der Waals surface area contributed by atoms with E-state index in [4.69, 9.17) is 5.73 Å². The lowest BCUT2D eigenvalue weighted by Gasteiger charge is -2.39. The lowest BCUT2D eigenvalue weighted by atomic mass is 10.1. The first kappa shape index (κ1) is 16.9. The van der Waals surface area contributed by atoms with Gasteiger partial charge >= 0.3 is 0 Å². The van der Waals surface area contributed by atoms with Crippen LogP contribution < -0.4 is 5.73 Å². The molecule has 2 N–H and O–H groups in total. The second-order valence-corrected chi connectivity index (χ2v) is 8.32. The van der Waals surface area contributed by atoms with Crippen LogP contribution in [0.25, 0.3) is 0 Å². The molecule has 0 bridgehead atoms. The van der Waals surface area contributed by atoms with Gasteiger partial charge in [0.1, 0.15) is 6.04 Å². The lowest BCUT2D eigenvalue weighted by Crippen LogP contribution is -2.59. The molecule has 0 saturated carbocycles. The van der Waals surface area contributed by atoms with Crippen LogP contribution in [0.15, 0.2) is 30.3 Å². The van der Waals surface area contributed by atoms with E-state index < -0.39 is 27.2 Å². The summed E-state index contributed by atoms with van der Waals surface area (Å²) in [5, 5.41) is -0.498. The van der Waals surface area contributed by atoms with Crippen LogP contribution in [0.3, 0.4) is 0 Å². The molecular weight excluding hydrogens is 302 g/mol. The van der Waals surface area contributed by atoms with Gasteiger partial charge in [0.05, 0.1) is 5.25 Å². The number of hydrogen-bond acceptors (Lipinski definition) is 4. The Bertz CT molecular complexity index is 616. The number of rotatable bonds is 5. The van der Waals surface area contributed by atoms with Gasteiger partial charge in [-0.05, 0) is 19.4 Å². The summed E-state index contributed by atoms with van der Waals surface area (Å²) in [6.45, 7) is 4.88. The van der Waals surface area contributed by atoms with Crippen LogP contribution in [0.2, 0.25) is 0 Å². The Morgan fingerprint density at radius 2 is 1.91 bits per heavy atom. The Labute approximate surface area is 131 Å². The molecule has 1 aromatic carbocycles. The van der Waals surface area contributed by atoms with Crippen molar-refractivity contribution in [1.82, 2.24) is 9.21 Å². The van der Waals surface area contributed by atoms with E-state index in [9.17, 15) is 13.2 Å². The minimum atomic E-state index is -3.36. The molecule has 1 aliphatic rings. The maximum Gasteiger partial charge on any atom is 0.236 e. The molecule has 1 aromatic rings. The minimum Gasteiger partial charge on any atom is -0.368 e. The monoisotopic (exact) mass is 325 g/mol. The van der Waals surface area contributed by atoms with Crippen LogP contribution in [0.5, 0.6) is 0 Å². The molecule has 2 rings (SSSR count). The summed E-state index contributed by atoms with van der Waals surface area (Å²) in [6, 6.07) is 9.18. The summed E-state index contributed by atoms with van der Waals surface area (Å²) in [5.41, 5.74) is 6.57. The molecule has 0 spiro atoms. The van der Waals surface area contributed by atoms with Crippen molar-refractivity contribution >= 4 is 15.9 Å². The molecule has 0 unspecified atom stereocenters. The van der Waals surface area contributed by atoms with Crippen LogP contribution in [0.4, 0.5) is 0 Å². The van der Waals surface area contributed by atoms with Crippen molar-refractivity contribution in [3.05, 3.63) is 35.9 Å². The summed E-state index contributed by atoms with van der Waals surface area (Å²) in [7, 11) is -3.36. The van der Waals surface area contributed by atoms with Gasteiger partial charge in [0.25, 0.3) is 0 Å². The molecule has 0 aliphatic carbocycles.